The quantitative estimate of drug-likeness (QED) is 0.659. The van der Waals surface area contributed by atoms with Crippen molar-refractivity contribution in [2.45, 2.75) is 6.92 Å². The van der Waals surface area contributed by atoms with Gasteiger partial charge in [-0.3, -0.25) is 15.1 Å². The number of nitrogens with zero attached hydrogens (tertiary/aromatic N) is 1. The fraction of sp³-hybridized carbons (Fsp3) is 0.273. The fourth-order valence-corrected chi connectivity index (χ4v) is 1.42. The third-order valence-corrected chi connectivity index (χ3v) is 2.21. The Hall–Kier alpha value is -1.46. The molecule has 100 valence electrons. The van der Waals surface area contributed by atoms with Crippen LogP contribution < -0.4 is 15.8 Å². The van der Waals surface area contributed by atoms with Crippen LogP contribution in [0.15, 0.2) is 23.2 Å². The van der Waals surface area contributed by atoms with Gasteiger partial charge in [0.15, 0.2) is 5.96 Å². The molecule has 1 aromatic rings. The molecule has 0 atom stereocenters. The Morgan fingerprint density at radius 1 is 1.56 bits per heavy atom. The number of halogens is 2. The molecule has 5 nitrogen and oxygen atoms in total. The molecular weight excluding hydrogens is 277 g/mol. The molecule has 0 saturated carbocycles. The van der Waals surface area contributed by atoms with Crippen LogP contribution in [-0.4, -0.2) is 25.5 Å². The summed E-state index contributed by atoms with van der Waals surface area (Å²) in [6, 6.07) is 4.76. The molecule has 0 bridgehead atoms. The number of carbonyl (C=O) groups is 1. The van der Waals surface area contributed by atoms with E-state index in [9.17, 15) is 4.79 Å². The van der Waals surface area contributed by atoms with E-state index in [1.165, 1.54) is 13.2 Å². The number of hydrogen-bond donors (Lipinski definition) is 2. The minimum Gasteiger partial charge on any atom is -0.496 e. The largest absolute Gasteiger partial charge is 0.496 e. The molecular formula is C11H15Cl2N3O2. The molecule has 0 heterocycles. The summed E-state index contributed by atoms with van der Waals surface area (Å²) in [7, 11) is 1.48. The van der Waals surface area contributed by atoms with Crippen molar-refractivity contribution in [3.63, 3.8) is 0 Å². The van der Waals surface area contributed by atoms with Crippen LogP contribution >= 0.6 is 24.0 Å². The van der Waals surface area contributed by atoms with E-state index in [2.05, 4.69) is 10.3 Å². The van der Waals surface area contributed by atoms with Gasteiger partial charge in [-0.25, -0.2) is 0 Å². The van der Waals surface area contributed by atoms with Crippen molar-refractivity contribution in [3.05, 3.63) is 28.8 Å². The number of benzene rings is 1. The van der Waals surface area contributed by atoms with Gasteiger partial charge in [0.2, 0.25) is 0 Å². The number of aliphatic imine (C=N–C) groups is 1. The molecule has 0 aliphatic carbocycles. The zero-order valence-corrected chi connectivity index (χ0v) is 11.6. The molecule has 18 heavy (non-hydrogen) atoms. The SMILES string of the molecule is CCN=C(N)NC(=O)c1cc(Cl)ccc1OC.Cl. The third kappa shape index (κ3) is 4.43. The van der Waals surface area contributed by atoms with Crippen molar-refractivity contribution in [2.24, 2.45) is 10.7 Å². The Kier molecular flexibility index (Phi) is 7.16. The Balaban J connectivity index is 0.00000289. The van der Waals surface area contributed by atoms with Crippen LogP contribution in [0.2, 0.25) is 5.02 Å². The van der Waals surface area contributed by atoms with Crippen molar-refractivity contribution in [2.75, 3.05) is 13.7 Å². The molecule has 0 spiro atoms. The second kappa shape index (κ2) is 7.79. The normalized spacial score (nSPS) is 10.5. The molecule has 7 heteroatoms. The zero-order chi connectivity index (χ0) is 12.8. The number of guanidine groups is 1. The first-order valence-corrected chi connectivity index (χ1v) is 5.41. The van der Waals surface area contributed by atoms with Gasteiger partial charge in [-0.05, 0) is 25.1 Å². The van der Waals surface area contributed by atoms with Crippen LogP contribution in [0.1, 0.15) is 17.3 Å². The number of hydrogen-bond acceptors (Lipinski definition) is 3. The highest BCUT2D eigenvalue weighted by Crippen LogP contribution is 2.22. The van der Waals surface area contributed by atoms with Crippen LogP contribution in [0.25, 0.3) is 0 Å². The fourth-order valence-electron chi connectivity index (χ4n) is 1.25. The molecule has 1 rings (SSSR count). The van der Waals surface area contributed by atoms with Gasteiger partial charge in [0.1, 0.15) is 5.75 Å². The summed E-state index contributed by atoms with van der Waals surface area (Å²) in [6.07, 6.45) is 0. The van der Waals surface area contributed by atoms with E-state index in [0.717, 1.165) is 0 Å². The first kappa shape index (κ1) is 16.5. The van der Waals surface area contributed by atoms with Crippen molar-refractivity contribution in [1.82, 2.24) is 5.32 Å². The number of nitrogens with two attached hydrogens (primary N) is 1. The topological polar surface area (TPSA) is 76.7 Å². The summed E-state index contributed by atoms with van der Waals surface area (Å²) in [5.74, 6) is 0.0924. The molecule has 3 N–H and O–H groups in total. The van der Waals surface area contributed by atoms with E-state index < -0.39 is 5.91 Å². The first-order chi connectivity index (χ1) is 8.08. The lowest BCUT2D eigenvalue weighted by atomic mass is 10.2. The van der Waals surface area contributed by atoms with Gasteiger partial charge < -0.3 is 10.5 Å². The second-order valence-electron chi connectivity index (χ2n) is 3.16. The summed E-state index contributed by atoms with van der Waals surface area (Å²) in [4.78, 5) is 15.7. The summed E-state index contributed by atoms with van der Waals surface area (Å²) < 4.78 is 5.06. The van der Waals surface area contributed by atoms with E-state index in [1.54, 1.807) is 12.1 Å². The lowest BCUT2D eigenvalue weighted by Crippen LogP contribution is -2.37. The van der Waals surface area contributed by atoms with Crippen molar-refractivity contribution >= 4 is 35.9 Å². The second-order valence-corrected chi connectivity index (χ2v) is 3.59. The average Bonchev–Trinajstić information content (AvgIpc) is 2.29. The molecule has 0 saturated heterocycles. The highest BCUT2D eigenvalue weighted by Gasteiger charge is 2.13. The van der Waals surface area contributed by atoms with Gasteiger partial charge in [-0.15, -0.1) is 12.4 Å². The third-order valence-electron chi connectivity index (χ3n) is 1.98. The van der Waals surface area contributed by atoms with E-state index in [-0.39, 0.29) is 18.4 Å². The summed E-state index contributed by atoms with van der Waals surface area (Å²) >= 11 is 5.82. The summed E-state index contributed by atoms with van der Waals surface area (Å²) in [5, 5.41) is 2.90. The number of nitrogens with one attached hydrogen (secondary N) is 1. The smallest absolute Gasteiger partial charge is 0.261 e. The Labute approximate surface area is 117 Å². The van der Waals surface area contributed by atoms with Crippen LogP contribution in [0.5, 0.6) is 5.75 Å². The van der Waals surface area contributed by atoms with Crippen LogP contribution in [0.4, 0.5) is 0 Å². The molecule has 0 aliphatic heterocycles. The van der Waals surface area contributed by atoms with Gasteiger partial charge >= 0.3 is 0 Å². The van der Waals surface area contributed by atoms with Gasteiger partial charge in [-0.1, -0.05) is 11.6 Å². The Bertz CT molecular complexity index is 450. The number of amides is 1. The number of carbonyl (C=O) groups excluding carboxylic acids is 1. The lowest BCUT2D eigenvalue weighted by molar-refractivity contribution is 0.0973. The summed E-state index contributed by atoms with van der Waals surface area (Å²) in [6.45, 7) is 2.32. The maximum Gasteiger partial charge on any atom is 0.261 e. The van der Waals surface area contributed by atoms with Gasteiger partial charge in [0, 0.05) is 11.6 Å². The minimum absolute atomic E-state index is 0. The molecule has 0 aromatic heterocycles. The molecule has 0 fully saturated rings. The molecule has 1 aromatic carbocycles. The maximum atomic E-state index is 11.9. The van der Waals surface area contributed by atoms with Crippen LogP contribution in [0, 0.1) is 0 Å². The zero-order valence-electron chi connectivity index (χ0n) is 10.1. The maximum absolute atomic E-state index is 11.9. The highest BCUT2D eigenvalue weighted by molar-refractivity contribution is 6.31. The van der Waals surface area contributed by atoms with Crippen molar-refractivity contribution in [3.8, 4) is 5.75 Å². The first-order valence-electron chi connectivity index (χ1n) is 5.03. The predicted molar refractivity (Wildman–Crippen MR) is 74.9 cm³/mol. The molecule has 1 amide bonds. The molecule has 0 unspecified atom stereocenters. The predicted octanol–water partition coefficient (Wildman–Crippen LogP) is 1.83. The Morgan fingerprint density at radius 3 is 2.78 bits per heavy atom. The van der Waals surface area contributed by atoms with E-state index in [1.807, 2.05) is 6.92 Å². The monoisotopic (exact) mass is 291 g/mol. The highest BCUT2D eigenvalue weighted by atomic mass is 35.5. The van der Waals surface area contributed by atoms with Crippen molar-refractivity contribution < 1.29 is 9.53 Å². The van der Waals surface area contributed by atoms with Gasteiger partial charge in [0.25, 0.3) is 5.91 Å². The van der Waals surface area contributed by atoms with Crippen LogP contribution in [-0.2, 0) is 0 Å². The van der Waals surface area contributed by atoms with E-state index in [4.69, 9.17) is 22.1 Å². The van der Waals surface area contributed by atoms with Gasteiger partial charge in [0.05, 0.1) is 12.7 Å². The van der Waals surface area contributed by atoms with Gasteiger partial charge in [-0.2, -0.15) is 0 Å². The van der Waals surface area contributed by atoms with E-state index >= 15 is 0 Å². The number of ether oxygens (including phenoxy) is 1. The lowest BCUT2D eigenvalue weighted by Gasteiger charge is -2.09. The average molecular weight is 292 g/mol. The molecule has 0 aliphatic rings. The number of methoxy groups -OCH3 is 1. The minimum atomic E-state index is -0.404. The Morgan fingerprint density at radius 2 is 2.22 bits per heavy atom. The summed E-state index contributed by atoms with van der Waals surface area (Å²) in [5.41, 5.74) is 5.81. The van der Waals surface area contributed by atoms with Crippen molar-refractivity contribution in [1.29, 1.82) is 0 Å². The van der Waals surface area contributed by atoms with Crippen LogP contribution in [0.3, 0.4) is 0 Å². The number of rotatable bonds is 3. The molecule has 0 radical (unpaired) electrons. The standard InChI is InChI=1S/C11H14ClN3O2.ClH/c1-3-14-11(13)15-10(16)8-6-7(12)4-5-9(8)17-2;/h4-6H,3H2,1-2H3,(H3,13,14,15,16);1H. The van der Waals surface area contributed by atoms with E-state index in [0.29, 0.717) is 22.9 Å².